The zero-order chi connectivity index (χ0) is 34.4. The monoisotopic (exact) mass is 711 g/mol. The molecule has 0 bridgehead atoms. The van der Waals surface area contributed by atoms with Gasteiger partial charge in [0.25, 0.3) is 5.91 Å². The Balaban J connectivity index is 0.000000361. The smallest absolute Gasteiger partial charge is 0.318 e. The Hall–Kier alpha value is -4.10. The molecule has 3 N–H and O–H groups in total. The van der Waals surface area contributed by atoms with Crippen molar-refractivity contribution in [2.75, 3.05) is 44.4 Å². The topological polar surface area (TPSA) is 147 Å². The number of thiophene rings is 1. The van der Waals surface area contributed by atoms with Crippen LogP contribution >= 0.6 is 22.9 Å². The van der Waals surface area contributed by atoms with Crippen molar-refractivity contribution in [3.8, 4) is 12.1 Å². The van der Waals surface area contributed by atoms with Crippen molar-refractivity contribution in [1.29, 1.82) is 5.26 Å². The number of hydrogen-bond acceptors (Lipinski definition) is 11. The maximum Gasteiger partial charge on any atom is 0.318 e. The number of alkyl halides is 1. The maximum atomic E-state index is 14.6. The minimum absolute atomic E-state index is 0.186. The second-order valence-corrected chi connectivity index (χ2v) is 14.0. The van der Waals surface area contributed by atoms with Crippen molar-refractivity contribution >= 4 is 49.7 Å². The van der Waals surface area contributed by atoms with Gasteiger partial charge in [0.05, 0.1) is 53.0 Å². The minimum atomic E-state index is -0.518. The normalized spacial score (nSPS) is 21.6. The molecule has 0 saturated carbocycles. The molecule has 4 aliphatic heterocycles. The second kappa shape index (κ2) is 13.7. The lowest BCUT2D eigenvalue weighted by molar-refractivity contribution is 0.0266. The van der Waals surface area contributed by atoms with Crippen LogP contribution in [0.2, 0.25) is 5.02 Å². The Morgan fingerprint density at radius 1 is 1.27 bits per heavy atom. The first-order valence-electron chi connectivity index (χ1n) is 16.3. The molecule has 4 aromatic rings. The van der Waals surface area contributed by atoms with Gasteiger partial charge in [-0.1, -0.05) is 17.7 Å². The summed E-state index contributed by atoms with van der Waals surface area (Å²) >= 11 is 7.66. The van der Waals surface area contributed by atoms with Gasteiger partial charge in [-0.3, -0.25) is 14.4 Å². The van der Waals surface area contributed by atoms with E-state index in [-0.39, 0.29) is 34.8 Å². The fourth-order valence-electron chi connectivity index (χ4n) is 7.33. The second-order valence-electron chi connectivity index (χ2n) is 12.6. The summed E-state index contributed by atoms with van der Waals surface area (Å²) in [6.45, 7) is 3.67. The number of rotatable bonds is 4. The van der Waals surface area contributed by atoms with Crippen LogP contribution in [0.5, 0.6) is 6.01 Å². The zero-order valence-electron chi connectivity index (χ0n) is 27.1. The third kappa shape index (κ3) is 6.16. The number of carbonyl (C=O) groups excluding carboxylic acids is 1. The van der Waals surface area contributed by atoms with Crippen molar-refractivity contribution < 1.29 is 23.0 Å². The van der Waals surface area contributed by atoms with E-state index in [1.54, 1.807) is 10.7 Å². The molecule has 0 aliphatic carbocycles. The lowest BCUT2D eigenvalue weighted by Gasteiger charge is -2.30. The van der Waals surface area contributed by atoms with Crippen molar-refractivity contribution in [3.63, 3.8) is 0 Å². The number of halogens is 3. The number of benzene rings is 1. The largest absolute Gasteiger partial charge is 0.467 e. The number of nitrogens with one attached hydrogen (secondary N) is 1. The predicted molar refractivity (Wildman–Crippen MR) is 181 cm³/mol. The van der Waals surface area contributed by atoms with E-state index in [1.165, 1.54) is 33.1 Å². The van der Waals surface area contributed by atoms with Gasteiger partial charge in [-0.05, 0) is 43.9 Å². The standard InChI is InChI=1S/C26H24ClFN8O3S.C7H12FN/c1-31-25(37)21-20(27)17-10-35(6-3-7-36(17)34-21)24-14-11-39-18(8-16(14)32-26(33-24)38-2)12-4-5-15(28)22-19(12)13(9-29)23(30)40-22;8-6-4-7-2-1-3-9(7)5-6/h4-5,18H,3,6-8,10-11,30H2,1-2H3,(H,31,37);6-7H,1-5H2. The highest BCUT2D eigenvalue weighted by Crippen LogP contribution is 2.43. The van der Waals surface area contributed by atoms with Gasteiger partial charge in [-0.15, -0.1) is 11.3 Å². The van der Waals surface area contributed by atoms with E-state index < -0.39 is 18.1 Å². The van der Waals surface area contributed by atoms with E-state index in [1.807, 2.05) is 0 Å². The van der Waals surface area contributed by atoms with Crippen LogP contribution in [0.3, 0.4) is 0 Å². The van der Waals surface area contributed by atoms with Crippen molar-refractivity contribution in [2.24, 2.45) is 0 Å². The molecule has 12 nitrogen and oxygen atoms in total. The Labute approximate surface area is 290 Å². The number of aromatic nitrogens is 4. The van der Waals surface area contributed by atoms with Crippen LogP contribution in [0, 0.1) is 17.1 Å². The van der Waals surface area contributed by atoms with Gasteiger partial charge in [0.15, 0.2) is 5.69 Å². The summed E-state index contributed by atoms with van der Waals surface area (Å²) < 4.78 is 41.1. The van der Waals surface area contributed by atoms with E-state index >= 15 is 0 Å². The molecule has 3 aromatic heterocycles. The lowest BCUT2D eigenvalue weighted by atomic mass is 9.95. The van der Waals surface area contributed by atoms with Gasteiger partial charge in [0.1, 0.15) is 28.9 Å². The molecule has 49 heavy (non-hydrogen) atoms. The van der Waals surface area contributed by atoms with Gasteiger partial charge in [-0.2, -0.15) is 20.3 Å². The van der Waals surface area contributed by atoms with E-state index in [2.05, 4.69) is 36.3 Å². The molecule has 4 aliphatic rings. The number of nitrogens with two attached hydrogens (primary N) is 1. The third-order valence-corrected chi connectivity index (χ3v) is 11.1. The van der Waals surface area contributed by atoms with Crippen molar-refractivity contribution in [3.05, 3.63) is 56.7 Å². The highest BCUT2D eigenvalue weighted by molar-refractivity contribution is 7.23. The number of amides is 1. The summed E-state index contributed by atoms with van der Waals surface area (Å²) in [6, 6.07) is 5.94. The molecule has 0 spiro atoms. The SMILES string of the molecule is CNC(=O)c1nn2c(c1Cl)CN(c1nc(OC)nc3c1COC(c1ccc(F)c4sc(N)c(C#N)c14)C3)CCC2.FC1CC2CCCN2C1. The van der Waals surface area contributed by atoms with Crippen LogP contribution in [-0.4, -0.2) is 76.6 Å². The number of nitrogens with zero attached hydrogens (tertiary/aromatic N) is 7. The first-order chi connectivity index (χ1) is 23.7. The Morgan fingerprint density at radius 3 is 2.86 bits per heavy atom. The molecule has 8 rings (SSSR count). The van der Waals surface area contributed by atoms with Gasteiger partial charge < -0.3 is 25.4 Å². The van der Waals surface area contributed by atoms with Crippen LogP contribution in [0.4, 0.5) is 19.6 Å². The number of aryl methyl sites for hydroxylation is 1. The van der Waals surface area contributed by atoms with Gasteiger partial charge in [0, 0.05) is 50.1 Å². The average molecular weight is 712 g/mol. The Morgan fingerprint density at radius 2 is 2.10 bits per heavy atom. The summed E-state index contributed by atoms with van der Waals surface area (Å²) in [5.74, 6) is -0.133. The number of methoxy groups -OCH3 is 1. The fraction of sp³-hybridized carbons (Fsp3) is 0.485. The number of hydrogen-bond donors (Lipinski definition) is 2. The highest BCUT2D eigenvalue weighted by Gasteiger charge is 2.35. The number of nitriles is 1. The molecular formula is C33H36ClF2N9O3S. The van der Waals surface area contributed by atoms with Crippen LogP contribution in [0.25, 0.3) is 10.1 Å². The molecule has 2 fully saturated rings. The molecule has 1 amide bonds. The third-order valence-electron chi connectivity index (χ3n) is 9.68. The summed E-state index contributed by atoms with van der Waals surface area (Å²) in [5.41, 5.74) is 9.40. The summed E-state index contributed by atoms with van der Waals surface area (Å²) in [6.07, 6.45) is 3.43. The number of fused-ring (bicyclic) bond motifs is 4. The maximum absolute atomic E-state index is 14.6. The summed E-state index contributed by atoms with van der Waals surface area (Å²) in [4.78, 5) is 25.9. The molecule has 258 valence electrons. The number of carbonyl (C=O) groups is 1. The van der Waals surface area contributed by atoms with Crippen molar-refractivity contribution in [2.45, 2.75) is 70.1 Å². The number of anilines is 2. The fourth-order valence-corrected chi connectivity index (χ4v) is 8.57. The molecule has 1 aromatic carbocycles. The molecular weight excluding hydrogens is 676 g/mol. The van der Waals surface area contributed by atoms with Crippen LogP contribution < -0.4 is 20.7 Å². The minimum Gasteiger partial charge on any atom is -0.467 e. The molecule has 0 radical (unpaired) electrons. The molecule has 16 heteroatoms. The first-order valence-corrected chi connectivity index (χ1v) is 17.5. The van der Waals surface area contributed by atoms with Crippen molar-refractivity contribution in [1.82, 2.24) is 30.0 Å². The molecule has 3 unspecified atom stereocenters. The molecule has 3 atom stereocenters. The van der Waals surface area contributed by atoms with Gasteiger partial charge >= 0.3 is 6.01 Å². The zero-order valence-corrected chi connectivity index (χ0v) is 28.7. The van der Waals surface area contributed by atoms with Crippen LogP contribution in [0.15, 0.2) is 12.1 Å². The van der Waals surface area contributed by atoms with E-state index in [4.69, 9.17) is 26.8 Å². The first kappa shape index (κ1) is 33.4. The Bertz CT molecular complexity index is 1950. The van der Waals surface area contributed by atoms with Gasteiger partial charge in [-0.25, -0.2) is 8.78 Å². The van der Waals surface area contributed by atoms with E-state index in [0.717, 1.165) is 42.0 Å². The van der Waals surface area contributed by atoms with Gasteiger partial charge in [0.2, 0.25) is 0 Å². The van der Waals surface area contributed by atoms with E-state index in [0.29, 0.717) is 70.8 Å². The lowest BCUT2D eigenvalue weighted by Crippen LogP contribution is -2.28. The number of nitrogen functional groups attached to an aromatic ring is 1. The number of ether oxygens (including phenoxy) is 2. The molecule has 7 heterocycles. The predicted octanol–water partition coefficient (Wildman–Crippen LogP) is 4.92. The van der Waals surface area contributed by atoms with Crippen LogP contribution in [-0.2, 0) is 30.9 Å². The average Bonchev–Trinajstić information content (AvgIpc) is 3.82. The highest BCUT2D eigenvalue weighted by atomic mass is 35.5. The quantitative estimate of drug-likeness (QED) is 0.299. The van der Waals surface area contributed by atoms with Crippen LogP contribution in [0.1, 0.15) is 70.4 Å². The summed E-state index contributed by atoms with van der Waals surface area (Å²) in [7, 11) is 3.04. The van der Waals surface area contributed by atoms with E-state index in [9.17, 15) is 18.8 Å². The Kier molecular flexibility index (Phi) is 9.31. The summed E-state index contributed by atoms with van der Waals surface area (Å²) in [5, 5.41) is 17.8. The molecule has 2 saturated heterocycles.